The Morgan fingerprint density at radius 1 is 1.05 bits per heavy atom. The number of rotatable bonds is 5. The van der Waals surface area contributed by atoms with Gasteiger partial charge in [0.25, 0.3) is 0 Å². The lowest BCUT2D eigenvalue weighted by atomic mass is 10.2. The minimum atomic E-state index is 0.0504. The summed E-state index contributed by atoms with van der Waals surface area (Å²) in [5.41, 5.74) is 1.02. The van der Waals surface area contributed by atoms with Crippen molar-refractivity contribution in [3.05, 3.63) is 60.2 Å². The minimum absolute atomic E-state index is 0.0504. The molecule has 0 fully saturated rings. The van der Waals surface area contributed by atoms with Crippen LogP contribution >= 0.6 is 0 Å². The van der Waals surface area contributed by atoms with E-state index in [-0.39, 0.29) is 5.91 Å². The summed E-state index contributed by atoms with van der Waals surface area (Å²) < 4.78 is 5.74. The number of hydrogen-bond donors (Lipinski definition) is 1. The molecule has 0 aliphatic carbocycles. The van der Waals surface area contributed by atoms with Gasteiger partial charge in [0, 0.05) is 13.0 Å². The Morgan fingerprint density at radius 2 is 1.79 bits per heavy atom. The molecule has 3 heteroatoms. The zero-order valence-corrected chi connectivity index (χ0v) is 10.9. The fourth-order valence-corrected chi connectivity index (χ4v) is 1.67. The van der Waals surface area contributed by atoms with E-state index in [1.165, 1.54) is 0 Å². The number of hydrogen-bond acceptors (Lipinski definition) is 2. The molecule has 0 aromatic heterocycles. The van der Waals surface area contributed by atoms with Crippen LogP contribution < -0.4 is 10.1 Å². The molecular formula is C16H17NO2. The zero-order valence-electron chi connectivity index (χ0n) is 10.9. The molecule has 0 atom stereocenters. The average molecular weight is 255 g/mol. The van der Waals surface area contributed by atoms with Gasteiger partial charge >= 0.3 is 0 Å². The SMILES string of the molecule is CCC(=O)NCc1cccc(Oc2ccccc2)c1. The fraction of sp³-hybridized carbons (Fsp3) is 0.188. The summed E-state index contributed by atoms with van der Waals surface area (Å²) in [5.74, 6) is 1.63. The predicted octanol–water partition coefficient (Wildman–Crippen LogP) is 3.51. The number of nitrogens with one attached hydrogen (secondary N) is 1. The first kappa shape index (κ1) is 13.1. The van der Waals surface area contributed by atoms with Crippen molar-refractivity contribution in [2.45, 2.75) is 19.9 Å². The van der Waals surface area contributed by atoms with Crippen LogP contribution in [-0.2, 0) is 11.3 Å². The third kappa shape index (κ3) is 4.14. The van der Waals surface area contributed by atoms with Gasteiger partial charge in [0.15, 0.2) is 0 Å². The van der Waals surface area contributed by atoms with E-state index in [1.807, 2.05) is 61.5 Å². The number of ether oxygens (including phenoxy) is 1. The fourth-order valence-electron chi connectivity index (χ4n) is 1.67. The molecule has 2 aromatic carbocycles. The quantitative estimate of drug-likeness (QED) is 0.888. The van der Waals surface area contributed by atoms with Gasteiger partial charge < -0.3 is 10.1 Å². The summed E-state index contributed by atoms with van der Waals surface area (Å²) in [5, 5.41) is 2.85. The molecule has 2 rings (SSSR count). The van der Waals surface area contributed by atoms with Crippen LogP contribution in [0.1, 0.15) is 18.9 Å². The molecule has 0 aliphatic heterocycles. The summed E-state index contributed by atoms with van der Waals surface area (Å²) in [6, 6.07) is 17.3. The van der Waals surface area contributed by atoms with Gasteiger partial charge in [0.05, 0.1) is 0 Å². The second-order valence-electron chi connectivity index (χ2n) is 4.19. The van der Waals surface area contributed by atoms with E-state index in [1.54, 1.807) is 0 Å². The Bertz CT molecular complexity index is 537. The Morgan fingerprint density at radius 3 is 2.53 bits per heavy atom. The van der Waals surface area contributed by atoms with Crippen LogP contribution in [0.3, 0.4) is 0 Å². The van der Waals surface area contributed by atoms with Gasteiger partial charge in [0.1, 0.15) is 11.5 Å². The Kier molecular flexibility index (Phi) is 4.56. The summed E-state index contributed by atoms with van der Waals surface area (Å²) >= 11 is 0. The van der Waals surface area contributed by atoms with Crippen LogP contribution in [0.2, 0.25) is 0 Å². The first-order valence-corrected chi connectivity index (χ1v) is 6.36. The lowest BCUT2D eigenvalue weighted by molar-refractivity contribution is -0.120. The Balaban J connectivity index is 2.01. The van der Waals surface area contributed by atoms with Crippen molar-refractivity contribution in [1.82, 2.24) is 5.32 Å². The zero-order chi connectivity index (χ0) is 13.5. The molecule has 0 radical (unpaired) electrons. The van der Waals surface area contributed by atoms with Crippen molar-refractivity contribution < 1.29 is 9.53 Å². The van der Waals surface area contributed by atoms with Crippen LogP contribution in [0.25, 0.3) is 0 Å². The lowest BCUT2D eigenvalue weighted by Gasteiger charge is -2.08. The number of benzene rings is 2. The molecule has 0 aliphatic rings. The number of carbonyl (C=O) groups excluding carboxylic acids is 1. The molecule has 0 saturated carbocycles. The van der Waals surface area contributed by atoms with Gasteiger partial charge in [-0.3, -0.25) is 4.79 Å². The van der Waals surface area contributed by atoms with Crippen LogP contribution in [0.4, 0.5) is 0 Å². The lowest BCUT2D eigenvalue weighted by Crippen LogP contribution is -2.21. The topological polar surface area (TPSA) is 38.3 Å². The van der Waals surface area contributed by atoms with Crippen LogP contribution in [0, 0.1) is 0 Å². The molecule has 19 heavy (non-hydrogen) atoms. The third-order valence-corrected chi connectivity index (χ3v) is 2.69. The molecule has 3 nitrogen and oxygen atoms in total. The largest absolute Gasteiger partial charge is 0.457 e. The first-order valence-electron chi connectivity index (χ1n) is 6.36. The van der Waals surface area contributed by atoms with E-state index in [4.69, 9.17) is 4.74 Å². The second kappa shape index (κ2) is 6.59. The van der Waals surface area contributed by atoms with E-state index in [2.05, 4.69) is 5.32 Å². The van der Waals surface area contributed by atoms with Crippen molar-refractivity contribution in [2.24, 2.45) is 0 Å². The highest BCUT2D eigenvalue weighted by Crippen LogP contribution is 2.21. The molecular weight excluding hydrogens is 238 g/mol. The normalized spacial score (nSPS) is 9.95. The average Bonchev–Trinajstić information content (AvgIpc) is 2.46. The Labute approximate surface area is 113 Å². The van der Waals surface area contributed by atoms with E-state index < -0.39 is 0 Å². The molecule has 0 saturated heterocycles. The van der Waals surface area contributed by atoms with E-state index >= 15 is 0 Å². The number of carbonyl (C=O) groups is 1. The number of amides is 1. The van der Waals surface area contributed by atoms with E-state index in [0.717, 1.165) is 17.1 Å². The smallest absolute Gasteiger partial charge is 0.219 e. The van der Waals surface area contributed by atoms with Gasteiger partial charge in [-0.05, 0) is 29.8 Å². The molecule has 0 bridgehead atoms. The van der Waals surface area contributed by atoms with Crippen LogP contribution in [-0.4, -0.2) is 5.91 Å². The molecule has 0 spiro atoms. The summed E-state index contributed by atoms with van der Waals surface area (Å²) in [7, 11) is 0. The van der Waals surface area contributed by atoms with Crippen molar-refractivity contribution in [2.75, 3.05) is 0 Å². The predicted molar refractivity (Wildman–Crippen MR) is 75.1 cm³/mol. The molecule has 0 heterocycles. The van der Waals surface area contributed by atoms with Gasteiger partial charge in [-0.25, -0.2) is 0 Å². The highest BCUT2D eigenvalue weighted by Gasteiger charge is 2.00. The van der Waals surface area contributed by atoms with Crippen molar-refractivity contribution in [3.8, 4) is 11.5 Å². The molecule has 98 valence electrons. The maximum atomic E-state index is 11.2. The first-order chi connectivity index (χ1) is 9.28. The van der Waals surface area contributed by atoms with Gasteiger partial charge in [0.2, 0.25) is 5.91 Å². The van der Waals surface area contributed by atoms with Crippen LogP contribution in [0.15, 0.2) is 54.6 Å². The van der Waals surface area contributed by atoms with E-state index in [0.29, 0.717) is 13.0 Å². The van der Waals surface area contributed by atoms with Crippen molar-refractivity contribution in [3.63, 3.8) is 0 Å². The summed E-state index contributed by atoms with van der Waals surface area (Å²) in [4.78, 5) is 11.2. The molecule has 0 unspecified atom stereocenters. The highest BCUT2D eigenvalue weighted by molar-refractivity contribution is 5.75. The second-order valence-corrected chi connectivity index (χ2v) is 4.19. The standard InChI is InChI=1S/C16H17NO2/c1-2-16(18)17-12-13-7-6-10-15(11-13)19-14-8-4-3-5-9-14/h3-11H,2,12H2,1H3,(H,17,18). The van der Waals surface area contributed by atoms with Crippen molar-refractivity contribution >= 4 is 5.91 Å². The van der Waals surface area contributed by atoms with E-state index in [9.17, 15) is 4.79 Å². The maximum Gasteiger partial charge on any atom is 0.219 e. The molecule has 1 amide bonds. The maximum absolute atomic E-state index is 11.2. The highest BCUT2D eigenvalue weighted by atomic mass is 16.5. The van der Waals surface area contributed by atoms with Gasteiger partial charge in [-0.1, -0.05) is 37.3 Å². The molecule has 2 aromatic rings. The third-order valence-electron chi connectivity index (χ3n) is 2.69. The number of para-hydroxylation sites is 1. The Hall–Kier alpha value is -2.29. The van der Waals surface area contributed by atoms with Gasteiger partial charge in [-0.15, -0.1) is 0 Å². The molecule has 1 N–H and O–H groups in total. The van der Waals surface area contributed by atoms with Gasteiger partial charge in [-0.2, -0.15) is 0 Å². The minimum Gasteiger partial charge on any atom is -0.457 e. The summed E-state index contributed by atoms with van der Waals surface area (Å²) in [6.45, 7) is 2.36. The summed E-state index contributed by atoms with van der Waals surface area (Å²) in [6.07, 6.45) is 0.500. The monoisotopic (exact) mass is 255 g/mol. The van der Waals surface area contributed by atoms with Crippen LogP contribution in [0.5, 0.6) is 11.5 Å². The van der Waals surface area contributed by atoms with Crippen molar-refractivity contribution in [1.29, 1.82) is 0 Å².